The van der Waals surface area contributed by atoms with Gasteiger partial charge in [-0.2, -0.15) is 0 Å². The second kappa shape index (κ2) is 4.91. The van der Waals surface area contributed by atoms with Crippen LogP contribution >= 0.6 is 0 Å². The van der Waals surface area contributed by atoms with Gasteiger partial charge in [0.05, 0.1) is 18.1 Å². The molecule has 1 aromatic carbocycles. The van der Waals surface area contributed by atoms with Crippen LogP contribution in [0.4, 0.5) is 11.4 Å². The van der Waals surface area contributed by atoms with Crippen LogP contribution < -0.4 is 4.90 Å². The molecule has 0 spiro atoms. The number of hydrogen-bond acceptors (Lipinski definition) is 5. The second-order valence-electron chi connectivity index (χ2n) is 3.36. The molecule has 0 radical (unpaired) electrons. The van der Waals surface area contributed by atoms with Gasteiger partial charge >= 0.3 is 0 Å². The van der Waals surface area contributed by atoms with Crippen molar-refractivity contribution in [1.82, 2.24) is 0 Å². The number of ether oxygens (including phenoxy) is 2. The minimum absolute atomic E-state index is 0.0663. The number of nitro benzene ring substituents is 1. The van der Waals surface area contributed by atoms with E-state index in [-0.39, 0.29) is 5.69 Å². The highest BCUT2D eigenvalue weighted by Crippen LogP contribution is 2.27. The van der Waals surface area contributed by atoms with Gasteiger partial charge in [-0.1, -0.05) is 12.1 Å². The molecule has 1 heterocycles. The maximum absolute atomic E-state index is 10.8. The topological polar surface area (TPSA) is 64.8 Å². The van der Waals surface area contributed by atoms with Gasteiger partial charge in [0.2, 0.25) is 0 Å². The largest absolute Gasteiger partial charge is 0.359 e. The van der Waals surface area contributed by atoms with Crippen LogP contribution in [0, 0.1) is 10.1 Å². The van der Waals surface area contributed by atoms with Gasteiger partial charge in [-0.25, -0.2) is 0 Å². The third-order valence-electron chi connectivity index (χ3n) is 2.29. The quantitative estimate of drug-likeness (QED) is 0.560. The maximum Gasteiger partial charge on any atom is 0.292 e. The summed E-state index contributed by atoms with van der Waals surface area (Å²) >= 11 is 0. The van der Waals surface area contributed by atoms with Crippen LogP contribution in [0.25, 0.3) is 0 Å². The first-order chi connectivity index (χ1) is 7.79. The van der Waals surface area contributed by atoms with E-state index in [2.05, 4.69) is 0 Å². The van der Waals surface area contributed by atoms with Gasteiger partial charge in [0.1, 0.15) is 19.1 Å². The minimum Gasteiger partial charge on any atom is -0.359 e. The Labute approximate surface area is 92.5 Å². The first-order valence-electron chi connectivity index (χ1n) is 4.93. The fourth-order valence-corrected chi connectivity index (χ4v) is 1.53. The van der Waals surface area contributed by atoms with E-state index >= 15 is 0 Å². The first kappa shape index (κ1) is 10.8. The molecule has 6 heteroatoms. The van der Waals surface area contributed by atoms with Crippen molar-refractivity contribution in [3.63, 3.8) is 0 Å². The van der Waals surface area contributed by atoms with E-state index in [1.54, 1.807) is 23.1 Å². The smallest absolute Gasteiger partial charge is 0.292 e. The van der Waals surface area contributed by atoms with E-state index in [4.69, 9.17) is 9.47 Å². The molecule has 0 aliphatic carbocycles. The lowest BCUT2D eigenvalue weighted by molar-refractivity contribution is -0.384. The predicted octanol–water partition coefficient (Wildman–Crippen LogP) is 1.36. The molecule has 0 unspecified atom stereocenters. The Balaban J connectivity index is 2.27. The second-order valence-corrected chi connectivity index (χ2v) is 3.36. The molecule has 0 amide bonds. The lowest BCUT2D eigenvalue weighted by Crippen LogP contribution is -2.26. The van der Waals surface area contributed by atoms with E-state index in [0.717, 1.165) is 0 Å². The fourth-order valence-electron chi connectivity index (χ4n) is 1.53. The Bertz CT molecular complexity index is 375. The summed E-state index contributed by atoms with van der Waals surface area (Å²) < 4.78 is 10.5. The minimum atomic E-state index is -0.403. The van der Waals surface area contributed by atoms with E-state index in [1.165, 1.54) is 6.07 Å². The molecule has 0 bridgehead atoms. The Morgan fingerprint density at radius 1 is 1.19 bits per heavy atom. The van der Waals surface area contributed by atoms with Gasteiger partial charge in [-0.3, -0.25) is 10.1 Å². The van der Waals surface area contributed by atoms with Crippen LogP contribution in [0.15, 0.2) is 24.3 Å². The average Bonchev–Trinajstić information content (AvgIpc) is 2.57. The zero-order valence-electron chi connectivity index (χ0n) is 8.67. The monoisotopic (exact) mass is 224 g/mol. The summed E-state index contributed by atoms with van der Waals surface area (Å²) in [6.07, 6.45) is 0. The van der Waals surface area contributed by atoms with Crippen molar-refractivity contribution >= 4 is 11.4 Å². The Kier molecular flexibility index (Phi) is 3.33. The Morgan fingerprint density at radius 2 is 1.81 bits per heavy atom. The number of para-hydroxylation sites is 2. The summed E-state index contributed by atoms with van der Waals surface area (Å²) in [5.41, 5.74) is 0.589. The van der Waals surface area contributed by atoms with Crippen LogP contribution in [-0.4, -0.2) is 31.6 Å². The summed E-state index contributed by atoms with van der Waals surface area (Å²) in [5, 5.41) is 10.8. The summed E-state index contributed by atoms with van der Waals surface area (Å²) in [5.74, 6) is 0. The number of nitro groups is 1. The van der Waals surface area contributed by atoms with Crippen LogP contribution in [0.3, 0.4) is 0 Å². The summed E-state index contributed by atoms with van der Waals surface area (Å²) in [7, 11) is 0. The van der Waals surface area contributed by atoms with Gasteiger partial charge < -0.3 is 14.4 Å². The van der Waals surface area contributed by atoms with Crippen LogP contribution in [0.2, 0.25) is 0 Å². The van der Waals surface area contributed by atoms with Crippen LogP contribution in [-0.2, 0) is 9.47 Å². The van der Waals surface area contributed by atoms with Crippen molar-refractivity contribution in [2.24, 2.45) is 0 Å². The molecular weight excluding hydrogens is 212 g/mol. The molecule has 0 aromatic heterocycles. The van der Waals surface area contributed by atoms with Gasteiger partial charge in [0.15, 0.2) is 0 Å². The number of nitrogens with zero attached hydrogens (tertiary/aromatic N) is 2. The van der Waals surface area contributed by atoms with Crippen molar-refractivity contribution < 1.29 is 14.4 Å². The number of hydrogen-bond donors (Lipinski definition) is 0. The van der Waals surface area contributed by atoms with Crippen LogP contribution in [0.5, 0.6) is 0 Å². The maximum atomic E-state index is 10.8. The molecule has 2 rings (SSSR count). The average molecular weight is 224 g/mol. The van der Waals surface area contributed by atoms with E-state index in [1.807, 2.05) is 0 Å². The molecule has 0 saturated carbocycles. The third-order valence-corrected chi connectivity index (χ3v) is 2.29. The van der Waals surface area contributed by atoms with Crippen molar-refractivity contribution in [2.45, 2.75) is 0 Å². The molecule has 1 aliphatic rings. The summed E-state index contributed by atoms with van der Waals surface area (Å²) in [6.45, 7) is 1.64. The lowest BCUT2D eigenvalue weighted by atomic mass is 10.2. The number of benzene rings is 1. The standard InChI is InChI=1S/C10H12N2O4/c13-12(14)10-4-2-1-3-9(10)11-7-15-5-6-16-8-11/h1-4H,5-8H2. The molecular formula is C10H12N2O4. The number of anilines is 1. The van der Waals surface area contributed by atoms with Gasteiger partial charge in [-0.15, -0.1) is 0 Å². The zero-order chi connectivity index (χ0) is 11.4. The van der Waals surface area contributed by atoms with E-state index in [9.17, 15) is 10.1 Å². The number of rotatable bonds is 2. The Morgan fingerprint density at radius 3 is 2.44 bits per heavy atom. The zero-order valence-corrected chi connectivity index (χ0v) is 8.67. The highest BCUT2D eigenvalue weighted by Gasteiger charge is 2.19. The van der Waals surface area contributed by atoms with Gasteiger partial charge in [0, 0.05) is 6.07 Å². The molecule has 0 N–H and O–H groups in total. The predicted molar refractivity (Wildman–Crippen MR) is 57.2 cm³/mol. The highest BCUT2D eigenvalue weighted by atomic mass is 16.6. The third kappa shape index (κ3) is 2.29. The molecule has 6 nitrogen and oxygen atoms in total. The highest BCUT2D eigenvalue weighted by molar-refractivity contribution is 5.62. The first-order valence-corrected chi connectivity index (χ1v) is 4.93. The van der Waals surface area contributed by atoms with Crippen molar-refractivity contribution in [3.05, 3.63) is 34.4 Å². The van der Waals surface area contributed by atoms with Crippen molar-refractivity contribution in [2.75, 3.05) is 31.6 Å². The van der Waals surface area contributed by atoms with Gasteiger partial charge in [-0.05, 0) is 6.07 Å². The molecule has 86 valence electrons. The molecule has 16 heavy (non-hydrogen) atoms. The molecule has 1 aliphatic heterocycles. The molecule has 1 aromatic rings. The normalized spacial score (nSPS) is 16.9. The molecule has 1 fully saturated rings. The SMILES string of the molecule is O=[N+]([O-])c1ccccc1N1COCCOC1. The lowest BCUT2D eigenvalue weighted by Gasteiger charge is -2.20. The van der Waals surface area contributed by atoms with E-state index in [0.29, 0.717) is 32.4 Å². The van der Waals surface area contributed by atoms with E-state index < -0.39 is 4.92 Å². The van der Waals surface area contributed by atoms with Gasteiger partial charge in [0.25, 0.3) is 5.69 Å². The van der Waals surface area contributed by atoms with Crippen molar-refractivity contribution in [1.29, 1.82) is 0 Å². The Hall–Kier alpha value is -1.66. The summed E-state index contributed by atoms with van der Waals surface area (Å²) in [4.78, 5) is 12.1. The molecule has 0 atom stereocenters. The van der Waals surface area contributed by atoms with Crippen molar-refractivity contribution in [3.8, 4) is 0 Å². The van der Waals surface area contributed by atoms with Crippen LogP contribution in [0.1, 0.15) is 0 Å². The fraction of sp³-hybridized carbons (Fsp3) is 0.400. The molecule has 1 saturated heterocycles. The summed E-state index contributed by atoms with van der Waals surface area (Å²) in [6, 6.07) is 6.56.